The summed E-state index contributed by atoms with van der Waals surface area (Å²) in [6, 6.07) is 12.3. The lowest BCUT2D eigenvalue weighted by Gasteiger charge is -2.11. The largest absolute Gasteiger partial charge is 0.381 e. The van der Waals surface area contributed by atoms with Crippen molar-refractivity contribution in [2.45, 2.75) is 20.1 Å². The van der Waals surface area contributed by atoms with E-state index in [4.69, 9.17) is 4.74 Å². The fourth-order valence-electron chi connectivity index (χ4n) is 1.77. The summed E-state index contributed by atoms with van der Waals surface area (Å²) in [5.41, 5.74) is 4.49. The number of methoxy groups -OCH3 is 1. The Labute approximate surface area is 108 Å². The predicted molar refractivity (Wildman–Crippen MR) is 73.5 cm³/mol. The molecule has 0 unspecified atom stereocenters. The molecule has 0 saturated carbocycles. The minimum Gasteiger partial charge on any atom is -0.381 e. The molecule has 0 aliphatic rings. The number of aromatic nitrogens is 1. The normalized spacial score (nSPS) is 10.3. The van der Waals surface area contributed by atoms with Crippen LogP contribution in [0.4, 0.5) is 5.69 Å². The van der Waals surface area contributed by atoms with E-state index in [1.807, 2.05) is 31.3 Å². The van der Waals surface area contributed by atoms with Gasteiger partial charge in [0.1, 0.15) is 0 Å². The maximum Gasteiger partial charge on any atom is 0.0733 e. The van der Waals surface area contributed by atoms with Gasteiger partial charge in [0.15, 0.2) is 0 Å². The van der Waals surface area contributed by atoms with Crippen LogP contribution in [0.1, 0.15) is 16.8 Å². The summed E-state index contributed by atoms with van der Waals surface area (Å²) in [5.74, 6) is 0. The van der Waals surface area contributed by atoms with Crippen LogP contribution in [-0.4, -0.2) is 12.1 Å². The van der Waals surface area contributed by atoms with E-state index < -0.39 is 0 Å². The molecule has 2 rings (SSSR count). The minimum atomic E-state index is 0.620. The summed E-state index contributed by atoms with van der Waals surface area (Å²) in [4.78, 5) is 4.29. The maximum absolute atomic E-state index is 5.18. The topological polar surface area (TPSA) is 34.1 Å². The fraction of sp³-hybridized carbons (Fsp3) is 0.267. The molecule has 1 heterocycles. The van der Waals surface area contributed by atoms with Crippen LogP contribution in [0.5, 0.6) is 0 Å². The molecule has 0 bridgehead atoms. The maximum atomic E-state index is 5.18. The van der Waals surface area contributed by atoms with Gasteiger partial charge in [0.2, 0.25) is 0 Å². The Balaban J connectivity index is 2.03. The van der Waals surface area contributed by atoms with Gasteiger partial charge in [0.05, 0.1) is 6.61 Å². The highest BCUT2D eigenvalue weighted by Gasteiger charge is 2.01. The zero-order valence-electron chi connectivity index (χ0n) is 10.8. The number of hydrogen-bond donors (Lipinski definition) is 1. The van der Waals surface area contributed by atoms with Crippen molar-refractivity contribution in [3.8, 4) is 0 Å². The molecule has 3 heteroatoms. The van der Waals surface area contributed by atoms with Gasteiger partial charge in [0, 0.05) is 36.8 Å². The number of pyridine rings is 1. The second-order valence-corrected chi connectivity index (χ2v) is 4.25. The van der Waals surface area contributed by atoms with E-state index in [1.54, 1.807) is 7.11 Å². The third-order valence-corrected chi connectivity index (χ3v) is 2.77. The summed E-state index contributed by atoms with van der Waals surface area (Å²) >= 11 is 0. The smallest absolute Gasteiger partial charge is 0.0733 e. The lowest BCUT2D eigenvalue weighted by Crippen LogP contribution is -2.03. The van der Waals surface area contributed by atoms with E-state index in [0.717, 1.165) is 17.9 Å². The number of nitrogens with zero attached hydrogens (tertiary/aromatic N) is 1. The van der Waals surface area contributed by atoms with Gasteiger partial charge in [-0.15, -0.1) is 0 Å². The quantitative estimate of drug-likeness (QED) is 0.874. The molecule has 0 amide bonds. The predicted octanol–water partition coefficient (Wildman–Crippen LogP) is 3.15. The molecule has 0 spiro atoms. The van der Waals surface area contributed by atoms with E-state index in [0.29, 0.717) is 6.61 Å². The molecule has 1 aromatic carbocycles. The standard InChI is InChI=1S/C15H18N2O/c1-12-7-8-13(9-16-12)10-17-15-6-4-3-5-14(15)11-18-2/h3-9,17H,10-11H2,1-2H3. The summed E-state index contributed by atoms with van der Waals surface area (Å²) in [6.45, 7) is 3.38. The molecule has 18 heavy (non-hydrogen) atoms. The van der Waals surface area contributed by atoms with Crippen LogP contribution in [0.15, 0.2) is 42.6 Å². The van der Waals surface area contributed by atoms with Gasteiger partial charge in [-0.25, -0.2) is 0 Å². The van der Waals surface area contributed by atoms with E-state index in [1.165, 1.54) is 11.1 Å². The van der Waals surface area contributed by atoms with Crippen molar-refractivity contribution in [2.75, 3.05) is 12.4 Å². The Morgan fingerprint density at radius 2 is 2.00 bits per heavy atom. The molecule has 94 valence electrons. The van der Waals surface area contributed by atoms with Gasteiger partial charge >= 0.3 is 0 Å². The van der Waals surface area contributed by atoms with Gasteiger partial charge < -0.3 is 10.1 Å². The summed E-state index contributed by atoms with van der Waals surface area (Å²) < 4.78 is 5.18. The van der Waals surface area contributed by atoms with Crippen LogP contribution in [0.25, 0.3) is 0 Å². The molecular formula is C15H18N2O. The van der Waals surface area contributed by atoms with Gasteiger partial charge in [-0.3, -0.25) is 4.98 Å². The Morgan fingerprint density at radius 1 is 1.17 bits per heavy atom. The highest BCUT2D eigenvalue weighted by atomic mass is 16.5. The van der Waals surface area contributed by atoms with E-state index >= 15 is 0 Å². The van der Waals surface area contributed by atoms with Crippen molar-refractivity contribution in [1.29, 1.82) is 0 Å². The van der Waals surface area contributed by atoms with Gasteiger partial charge in [0.25, 0.3) is 0 Å². The van der Waals surface area contributed by atoms with Crippen molar-refractivity contribution in [3.05, 3.63) is 59.4 Å². The zero-order chi connectivity index (χ0) is 12.8. The molecule has 0 aliphatic carbocycles. The lowest BCUT2D eigenvalue weighted by atomic mass is 10.2. The highest BCUT2D eigenvalue weighted by molar-refractivity contribution is 5.51. The molecule has 3 nitrogen and oxygen atoms in total. The summed E-state index contributed by atoms with van der Waals surface area (Å²) in [5, 5.41) is 3.41. The molecule has 0 saturated heterocycles. The minimum absolute atomic E-state index is 0.620. The SMILES string of the molecule is COCc1ccccc1NCc1ccc(C)nc1. The summed E-state index contributed by atoms with van der Waals surface area (Å²) in [6.07, 6.45) is 1.90. The van der Waals surface area contributed by atoms with Crippen LogP contribution in [0, 0.1) is 6.92 Å². The first kappa shape index (κ1) is 12.6. The number of benzene rings is 1. The molecule has 1 aromatic heterocycles. The fourth-order valence-corrected chi connectivity index (χ4v) is 1.77. The Kier molecular flexibility index (Phi) is 4.31. The molecule has 0 aliphatic heterocycles. The van der Waals surface area contributed by atoms with Crippen molar-refractivity contribution in [3.63, 3.8) is 0 Å². The third kappa shape index (κ3) is 3.31. The number of para-hydroxylation sites is 1. The molecular weight excluding hydrogens is 224 g/mol. The molecule has 0 radical (unpaired) electrons. The molecule has 1 N–H and O–H groups in total. The number of nitrogens with one attached hydrogen (secondary N) is 1. The average Bonchev–Trinajstić information content (AvgIpc) is 2.40. The van der Waals surface area contributed by atoms with E-state index in [9.17, 15) is 0 Å². The van der Waals surface area contributed by atoms with Crippen LogP contribution < -0.4 is 5.32 Å². The lowest BCUT2D eigenvalue weighted by molar-refractivity contribution is 0.185. The van der Waals surface area contributed by atoms with Gasteiger partial charge in [-0.2, -0.15) is 0 Å². The van der Waals surface area contributed by atoms with Gasteiger partial charge in [-0.05, 0) is 24.6 Å². The first-order chi connectivity index (χ1) is 8.79. The zero-order valence-corrected chi connectivity index (χ0v) is 10.8. The second kappa shape index (κ2) is 6.17. The Bertz CT molecular complexity index is 494. The molecule has 2 aromatic rings. The highest BCUT2D eigenvalue weighted by Crippen LogP contribution is 2.16. The van der Waals surface area contributed by atoms with E-state index in [2.05, 4.69) is 28.5 Å². The summed E-state index contributed by atoms with van der Waals surface area (Å²) in [7, 11) is 1.71. The third-order valence-electron chi connectivity index (χ3n) is 2.77. The van der Waals surface area contributed by atoms with Crippen molar-refractivity contribution in [2.24, 2.45) is 0 Å². The number of hydrogen-bond acceptors (Lipinski definition) is 3. The average molecular weight is 242 g/mol. The molecule has 0 atom stereocenters. The Hall–Kier alpha value is -1.87. The van der Waals surface area contributed by atoms with Crippen molar-refractivity contribution in [1.82, 2.24) is 4.98 Å². The number of anilines is 1. The van der Waals surface area contributed by atoms with Crippen molar-refractivity contribution >= 4 is 5.69 Å². The number of ether oxygens (including phenoxy) is 1. The van der Waals surface area contributed by atoms with Crippen LogP contribution in [0.2, 0.25) is 0 Å². The van der Waals surface area contributed by atoms with Crippen LogP contribution in [0.3, 0.4) is 0 Å². The first-order valence-electron chi connectivity index (χ1n) is 6.02. The second-order valence-electron chi connectivity index (χ2n) is 4.25. The number of aryl methyl sites for hydroxylation is 1. The first-order valence-corrected chi connectivity index (χ1v) is 6.02. The van der Waals surface area contributed by atoms with Crippen molar-refractivity contribution < 1.29 is 4.74 Å². The van der Waals surface area contributed by atoms with E-state index in [-0.39, 0.29) is 0 Å². The van der Waals surface area contributed by atoms with Crippen LogP contribution in [-0.2, 0) is 17.9 Å². The number of rotatable bonds is 5. The monoisotopic (exact) mass is 242 g/mol. The van der Waals surface area contributed by atoms with Gasteiger partial charge in [-0.1, -0.05) is 24.3 Å². The van der Waals surface area contributed by atoms with Crippen LogP contribution >= 0.6 is 0 Å². The Morgan fingerprint density at radius 3 is 2.72 bits per heavy atom. The molecule has 0 fully saturated rings.